The maximum atomic E-state index is 4.65. The minimum absolute atomic E-state index is 0.329. The van der Waals surface area contributed by atoms with Crippen LogP contribution in [-0.2, 0) is 5.54 Å². The van der Waals surface area contributed by atoms with Gasteiger partial charge in [0.05, 0.1) is 17.4 Å². The van der Waals surface area contributed by atoms with E-state index in [1.165, 1.54) is 37.6 Å². The molecular formula is C18H24N2. The molecule has 1 heterocycles. The molecule has 0 N–H and O–H groups in total. The summed E-state index contributed by atoms with van der Waals surface area (Å²) in [7, 11) is 0. The standard InChI is InChI=1S/C18H24N2/c1-13-7-15-8-14(2)10-18(9-13,11-15)20-12-19-16-5-3-4-6-17(16)20/h3-6,12-15H,7-11H2,1-2H3. The summed E-state index contributed by atoms with van der Waals surface area (Å²) in [6.45, 7) is 4.88. The van der Waals surface area contributed by atoms with Crippen molar-refractivity contribution in [1.29, 1.82) is 0 Å². The van der Waals surface area contributed by atoms with E-state index in [9.17, 15) is 0 Å². The first-order valence-corrected chi connectivity index (χ1v) is 8.09. The van der Waals surface area contributed by atoms with Crippen LogP contribution in [-0.4, -0.2) is 9.55 Å². The van der Waals surface area contributed by atoms with Gasteiger partial charge < -0.3 is 4.57 Å². The van der Waals surface area contributed by atoms with Crippen LogP contribution in [0.3, 0.4) is 0 Å². The highest BCUT2D eigenvalue weighted by molar-refractivity contribution is 5.75. The third kappa shape index (κ3) is 1.81. The average Bonchev–Trinajstić information content (AvgIpc) is 2.81. The van der Waals surface area contributed by atoms with Crippen molar-refractivity contribution in [2.75, 3.05) is 0 Å². The van der Waals surface area contributed by atoms with E-state index >= 15 is 0 Å². The summed E-state index contributed by atoms with van der Waals surface area (Å²) < 4.78 is 2.53. The number of hydrogen-bond donors (Lipinski definition) is 0. The Bertz CT molecular complexity index is 608. The minimum Gasteiger partial charge on any atom is -0.324 e. The topological polar surface area (TPSA) is 17.8 Å². The molecule has 0 saturated heterocycles. The molecule has 2 nitrogen and oxygen atoms in total. The molecule has 4 rings (SSSR count). The Balaban J connectivity index is 1.85. The van der Waals surface area contributed by atoms with Crippen molar-refractivity contribution in [3.05, 3.63) is 30.6 Å². The molecule has 2 heteroatoms. The van der Waals surface area contributed by atoms with Crippen molar-refractivity contribution in [1.82, 2.24) is 9.55 Å². The molecule has 0 aliphatic heterocycles. The maximum absolute atomic E-state index is 4.65. The number of nitrogens with zero attached hydrogens (tertiary/aromatic N) is 2. The van der Waals surface area contributed by atoms with Crippen LogP contribution in [0.25, 0.3) is 11.0 Å². The van der Waals surface area contributed by atoms with Crippen LogP contribution in [0.4, 0.5) is 0 Å². The van der Waals surface area contributed by atoms with Crippen LogP contribution in [0.2, 0.25) is 0 Å². The fraction of sp³-hybridized carbons (Fsp3) is 0.611. The van der Waals surface area contributed by atoms with E-state index in [4.69, 9.17) is 0 Å². The maximum Gasteiger partial charge on any atom is 0.0963 e. The third-order valence-corrected chi connectivity index (χ3v) is 5.56. The summed E-state index contributed by atoms with van der Waals surface area (Å²) in [5, 5.41) is 0. The first-order chi connectivity index (χ1) is 9.66. The number of hydrogen-bond acceptors (Lipinski definition) is 1. The lowest BCUT2D eigenvalue weighted by atomic mass is 9.61. The summed E-state index contributed by atoms with van der Waals surface area (Å²) >= 11 is 0. The van der Waals surface area contributed by atoms with Gasteiger partial charge in [0.15, 0.2) is 0 Å². The molecule has 106 valence electrons. The van der Waals surface area contributed by atoms with E-state index in [0.717, 1.165) is 23.3 Å². The Morgan fingerprint density at radius 3 is 2.50 bits per heavy atom. The fourth-order valence-corrected chi connectivity index (χ4v) is 5.28. The molecule has 2 aliphatic rings. The quantitative estimate of drug-likeness (QED) is 0.739. The van der Waals surface area contributed by atoms with Crippen LogP contribution >= 0.6 is 0 Å². The molecule has 1 aromatic heterocycles. The zero-order valence-electron chi connectivity index (χ0n) is 12.5. The van der Waals surface area contributed by atoms with Crippen molar-refractivity contribution < 1.29 is 0 Å². The average molecular weight is 268 g/mol. The van der Waals surface area contributed by atoms with Crippen LogP contribution in [0.1, 0.15) is 46.0 Å². The van der Waals surface area contributed by atoms with Gasteiger partial charge in [-0.3, -0.25) is 0 Å². The Kier molecular flexibility index (Phi) is 2.70. The zero-order valence-corrected chi connectivity index (χ0v) is 12.5. The molecule has 2 saturated carbocycles. The Morgan fingerprint density at radius 2 is 1.75 bits per heavy atom. The van der Waals surface area contributed by atoms with E-state index in [2.05, 4.69) is 54.0 Å². The van der Waals surface area contributed by atoms with Gasteiger partial charge in [0, 0.05) is 5.54 Å². The molecule has 2 fully saturated rings. The number of aromatic nitrogens is 2. The van der Waals surface area contributed by atoms with Crippen molar-refractivity contribution in [3.8, 4) is 0 Å². The molecule has 0 spiro atoms. The summed E-state index contributed by atoms with van der Waals surface area (Å²) in [5.41, 5.74) is 2.81. The fourth-order valence-electron chi connectivity index (χ4n) is 5.28. The van der Waals surface area contributed by atoms with E-state index in [0.29, 0.717) is 5.54 Å². The van der Waals surface area contributed by atoms with Crippen molar-refractivity contribution in [3.63, 3.8) is 0 Å². The van der Waals surface area contributed by atoms with Crippen molar-refractivity contribution in [2.45, 2.75) is 51.5 Å². The molecule has 2 aromatic rings. The second kappa shape index (κ2) is 4.34. The molecule has 0 amide bonds. The highest BCUT2D eigenvalue weighted by Gasteiger charge is 2.45. The lowest BCUT2D eigenvalue weighted by Crippen LogP contribution is -2.46. The highest BCUT2D eigenvalue weighted by atomic mass is 15.1. The van der Waals surface area contributed by atoms with E-state index in [1.807, 2.05) is 0 Å². The third-order valence-electron chi connectivity index (χ3n) is 5.56. The van der Waals surface area contributed by atoms with E-state index in [1.54, 1.807) is 0 Å². The van der Waals surface area contributed by atoms with Gasteiger partial charge in [0.1, 0.15) is 0 Å². The molecule has 20 heavy (non-hydrogen) atoms. The lowest BCUT2D eigenvalue weighted by Gasteiger charge is -2.51. The van der Waals surface area contributed by atoms with Crippen LogP contribution in [0, 0.1) is 17.8 Å². The van der Waals surface area contributed by atoms with Crippen LogP contribution < -0.4 is 0 Å². The van der Waals surface area contributed by atoms with E-state index < -0.39 is 0 Å². The monoisotopic (exact) mass is 268 g/mol. The number of fused-ring (bicyclic) bond motifs is 3. The van der Waals surface area contributed by atoms with Crippen molar-refractivity contribution >= 4 is 11.0 Å². The predicted molar refractivity (Wildman–Crippen MR) is 82.6 cm³/mol. The molecular weight excluding hydrogens is 244 g/mol. The largest absolute Gasteiger partial charge is 0.324 e. The van der Waals surface area contributed by atoms with Crippen LogP contribution in [0.15, 0.2) is 30.6 Å². The first-order valence-electron chi connectivity index (χ1n) is 8.09. The lowest BCUT2D eigenvalue weighted by molar-refractivity contribution is 0.0304. The first kappa shape index (κ1) is 12.4. The van der Waals surface area contributed by atoms with Crippen LogP contribution in [0.5, 0.6) is 0 Å². The van der Waals surface area contributed by atoms with Crippen molar-refractivity contribution in [2.24, 2.45) is 17.8 Å². The minimum atomic E-state index is 0.329. The summed E-state index contributed by atoms with van der Waals surface area (Å²) in [4.78, 5) is 4.65. The van der Waals surface area contributed by atoms with Gasteiger partial charge >= 0.3 is 0 Å². The number of para-hydroxylation sites is 2. The van der Waals surface area contributed by atoms with Gasteiger partial charge in [-0.2, -0.15) is 0 Å². The number of imidazole rings is 1. The zero-order chi connectivity index (χ0) is 13.7. The SMILES string of the molecule is CC1CC2CC(C)CC(n3cnc4ccccc43)(C1)C2. The highest BCUT2D eigenvalue weighted by Crippen LogP contribution is 2.52. The van der Waals surface area contributed by atoms with Gasteiger partial charge in [-0.05, 0) is 62.0 Å². The second-order valence-corrected chi connectivity index (χ2v) is 7.49. The second-order valence-electron chi connectivity index (χ2n) is 7.49. The predicted octanol–water partition coefficient (Wildman–Crippen LogP) is 4.60. The molecule has 2 unspecified atom stereocenters. The molecule has 0 radical (unpaired) electrons. The molecule has 2 bridgehead atoms. The Morgan fingerprint density at radius 1 is 1.05 bits per heavy atom. The summed E-state index contributed by atoms with van der Waals surface area (Å²) in [6, 6.07) is 8.61. The summed E-state index contributed by atoms with van der Waals surface area (Å²) in [5.74, 6) is 2.62. The van der Waals surface area contributed by atoms with Gasteiger partial charge in [0.2, 0.25) is 0 Å². The Hall–Kier alpha value is -1.31. The molecule has 1 aromatic carbocycles. The van der Waals surface area contributed by atoms with E-state index in [-0.39, 0.29) is 0 Å². The molecule has 2 atom stereocenters. The number of rotatable bonds is 1. The van der Waals surface area contributed by atoms with Gasteiger partial charge in [0.25, 0.3) is 0 Å². The smallest absolute Gasteiger partial charge is 0.0963 e. The Labute approximate surface area is 121 Å². The number of benzene rings is 1. The van der Waals surface area contributed by atoms with Gasteiger partial charge in [-0.25, -0.2) is 4.98 Å². The summed E-state index contributed by atoms with van der Waals surface area (Å²) in [6.07, 6.45) is 8.99. The molecule has 2 aliphatic carbocycles. The van der Waals surface area contributed by atoms with Gasteiger partial charge in [-0.1, -0.05) is 26.0 Å². The normalized spacial score (nSPS) is 37.2. The van der Waals surface area contributed by atoms with Gasteiger partial charge in [-0.15, -0.1) is 0 Å².